The highest BCUT2D eigenvalue weighted by Gasteiger charge is 2.25. The highest BCUT2D eigenvalue weighted by Crippen LogP contribution is 2.22. The van der Waals surface area contributed by atoms with E-state index in [0.717, 1.165) is 5.92 Å². The second kappa shape index (κ2) is 6.28. The lowest BCUT2D eigenvalue weighted by molar-refractivity contribution is 0.262. The van der Waals surface area contributed by atoms with Crippen molar-refractivity contribution in [3.05, 3.63) is 35.4 Å². The minimum absolute atomic E-state index is 0.693. The summed E-state index contributed by atoms with van der Waals surface area (Å²) in [6, 6.07) is 10.4. The summed E-state index contributed by atoms with van der Waals surface area (Å²) >= 11 is 0. The molecule has 1 aromatic carbocycles. The van der Waals surface area contributed by atoms with E-state index in [1.54, 1.807) is 11.1 Å². The second-order valence-electron chi connectivity index (χ2n) is 6.86. The predicted octanol–water partition coefficient (Wildman–Crippen LogP) is 2.86. The van der Waals surface area contributed by atoms with E-state index in [9.17, 15) is 0 Å². The largest absolute Gasteiger partial charge is 0.313 e. The number of aryl methyl sites for hydroxylation is 1. The molecule has 2 nitrogen and oxygen atoms in total. The van der Waals surface area contributed by atoms with Crippen molar-refractivity contribution in [2.45, 2.75) is 51.6 Å². The van der Waals surface area contributed by atoms with Gasteiger partial charge in [-0.25, -0.2) is 0 Å². The molecule has 1 heterocycles. The number of benzene rings is 1. The van der Waals surface area contributed by atoms with Crippen molar-refractivity contribution in [3.63, 3.8) is 0 Å². The SMILES string of the molecule is CC(C)N1CCC(CNC2CCc3ccccc3C2)C1. The van der Waals surface area contributed by atoms with Crippen LogP contribution in [-0.2, 0) is 12.8 Å². The van der Waals surface area contributed by atoms with Crippen LogP contribution in [0.15, 0.2) is 24.3 Å². The Kier molecular flexibility index (Phi) is 4.42. The first-order valence-corrected chi connectivity index (χ1v) is 8.26. The van der Waals surface area contributed by atoms with Crippen LogP contribution >= 0.6 is 0 Å². The molecule has 0 amide bonds. The number of rotatable bonds is 4. The maximum Gasteiger partial charge on any atom is 0.0111 e. The molecule has 0 aromatic heterocycles. The lowest BCUT2D eigenvalue weighted by Crippen LogP contribution is -2.38. The zero-order valence-corrected chi connectivity index (χ0v) is 12.9. The van der Waals surface area contributed by atoms with E-state index >= 15 is 0 Å². The lowest BCUT2D eigenvalue weighted by atomic mass is 9.88. The summed E-state index contributed by atoms with van der Waals surface area (Å²) in [6.07, 6.45) is 5.14. The van der Waals surface area contributed by atoms with Gasteiger partial charge in [0.25, 0.3) is 0 Å². The van der Waals surface area contributed by atoms with Crippen LogP contribution in [0, 0.1) is 5.92 Å². The molecule has 2 atom stereocenters. The summed E-state index contributed by atoms with van der Waals surface area (Å²) in [5.41, 5.74) is 3.13. The molecule has 2 heteroatoms. The summed E-state index contributed by atoms with van der Waals surface area (Å²) in [5, 5.41) is 3.84. The van der Waals surface area contributed by atoms with Gasteiger partial charge in [-0.3, -0.25) is 0 Å². The zero-order valence-electron chi connectivity index (χ0n) is 12.9. The van der Waals surface area contributed by atoms with Gasteiger partial charge < -0.3 is 10.2 Å². The van der Waals surface area contributed by atoms with Crippen LogP contribution in [0.1, 0.15) is 37.8 Å². The third-order valence-electron chi connectivity index (χ3n) is 5.09. The van der Waals surface area contributed by atoms with Crippen molar-refractivity contribution in [2.24, 2.45) is 5.92 Å². The van der Waals surface area contributed by atoms with E-state index in [1.165, 1.54) is 45.3 Å². The van der Waals surface area contributed by atoms with Gasteiger partial charge in [0, 0.05) is 18.6 Å². The van der Waals surface area contributed by atoms with E-state index in [1.807, 2.05) is 0 Å². The Morgan fingerprint density at radius 3 is 2.75 bits per heavy atom. The van der Waals surface area contributed by atoms with Crippen molar-refractivity contribution >= 4 is 0 Å². The molecular weight excluding hydrogens is 244 g/mol. The van der Waals surface area contributed by atoms with E-state index in [-0.39, 0.29) is 0 Å². The molecule has 2 aliphatic rings. The first kappa shape index (κ1) is 14.1. The van der Waals surface area contributed by atoms with Gasteiger partial charge in [-0.05, 0) is 69.7 Å². The molecule has 1 aromatic rings. The van der Waals surface area contributed by atoms with Crippen molar-refractivity contribution in [3.8, 4) is 0 Å². The average molecular weight is 272 g/mol. The summed E-state index contributed by atoms with van der Waals surface area (Å²) in [7, 11) is 0. The van der Waals surface area contributed by atoms with Crippen molar-refractivity contribution in [1.82, 2.24) is 10.2 Å². The predicted molar refractivity (Wildman–Crippen MR) is 85.1 cm³/mol. The molecule has 0 bridgehead atoms. The van der Waals surface area contributed by atoms with Gasteiger partial charge >= 0.3 is 0 Å². The molecule has 110 valence electrons. The zero-order chi connectivity index (χ0) is 13.9. The fourth-order valence-electron chi connectivity index (χ4n) is 3.70. The smallest absolute Gasteiger partial charge is 0.0111 e. The Hall–Kier alpha value is -0.860. The number of nitrogens with one attached hydrogen (secondary N) is 1. The molecule has 20 heavy (non-hydrogen) atoms. The Balaban J connectivity index is 1.47. The van der Waals surface area contributed by atoms with E-state index in [4.69, 9.17) is 0 Å². The summed E-state index contributed by atoms with van der Waals surface area (Å²) in [5.74, 6) is 0.856. The van der Waals surface area contributed by atoms with Gasteiger partial charge in [-0.1, -0.05) is 24.3 Å². The topological polar surface area (TPSA) is 15.3 Å². The summed E-state index contributed by atoms with van der Waals surface area (Å²) in [4.78, 5) is 2.61. The number of fused-ring (bicyclic) bond motifs is 1. The van der Waals surface area contributed by atoms with Crippen LogP contribution in [-0.4, -0.2) is 36.6 Å². The Labute approximate surface area is 123 Å². The second-order valence-corrected chi connectivity index (χ2v) is 6.86. The quantitative estimate of drug-likeness (QED) is 0.906. The summed E-state index contributed by atoms with van der Waals surface area (Å²) in [6.45, 7) is 8.41. The van der Waals surface area contributed by atoms with Crippen LogP contribution in [0.4, 0.5) is 0 Å². The van der Waals surface area contributed by atoms with Gasteiger partial charge in [-0.15, -0.1) is 0 Å². The fraction of sp³-hybridized carbons (Fsp3) is 0.667. The van der Waals surface area contributed by atoms with Crippen molar-refractivity contribution in [1.29, 1.82) is 0 Å². The Morgan fingerprint density at radius 1 is 1.20 bits per heavy atom. The average Bonchev–Trinajstić information content (AvgIpc) is 2.94. The van der Waals surface area contributed by atoms with Crippen LogP contribution in [0.3, 0.4) is 0 Å². The van der Waals surface area contributed by atoms with Gasteiger partial charge in [-0.2, -0.15) is 0 Å². The molecule has 1 saturated heterocycles. The minimum Gasteiger partial charge on any atom is -0.313 e. The normalized spacial score (nSPS) is 26.9. The minimum atomic E-state index is 0.693. The fourth-order valence-corrected chi connectivity index (χ4v) is 3.70. The maximum atomic E-state index is 3.84. The number of likely N-dealkylation sites (tertiary alicyclic amines) is 1. The van der Waals surface area contributed by atoms with Crippen molar-refractivity contribution < 1.29 is 0 Å². The number of hydrogen-bond acceptors (Lipinski definition) is 2. The molecule has 3 rings (SSSR count). The standard InChI is InChI=1S/C18H28N2/c1-14(2)20-10-9-15(13-20)12-19-18-8-7-16-5-3-4-6-17(16)11-18/h3-6,14-15,18-19H,7-13H2,1-2H3. The van der Waals surface area contributed by atoms with Gasteiger partial charge in [0.1, 0.15) is 0 Å². The van der Waals surface area contributed by atoms with Crippen LogP contribution in [0.25, 0.3) is 0 Å². The van der Waals surface area contributed by atoms with Gasteiger partial charge in [0.15, 0.2) is 0 Å². The molecule has 1 aliphatic carbocycles. The Morgan fingerprint density at radius 2 is 2.00 bits per heavy atom. The third-order valence-corrected chi connectivity index (χ3v) is 5.09. The van der Waals surface area contributed by atoms with Crippen molar-refractivity contribution in [2.75, 3.05) is 19.6 Å². The Bertz CT molecular complexity index is 441. The van der Waals surface area contributed by atoms with E-state index in [0.29, 0.717) is 12.1 Å². The van der Waals surface area contributed by atoms with Crippen LogP contribution in [0.5, 0.6) is 0 Å². The third kappa shape index (κ3) is 3.24. The molecular formula is C18H28N2. The monoisotopic (exact) mass is 272 g/mol. The maximum absolute atomic E-state index is 3.84. The molecule has 1 N–H and O–H groups in total. The first-order chi connectivity index (χ1) is 9.72. The lowest BCUT2D eigenvalue weighted by Gasteiger charge is -2.27. The highest BCUT2D eigenvalue weighted by molar-refractivity contribution is 5.30. The molecule has 1 fully saturated rings. The first-order valence-electron chi connectivity index (χ1n) is 8.26. The highest BCUT2D eigenvalue weighted by atomic mass is 15.2. The molecule has 0 spiro atoms. The summed E-state index contributed by atoms with van der Waals surface area (Å²) < 4.78 is 0. The molecule has 2 unspecified atom stereocenters. The van der Waals surface area contributed by atoms with Crippen LogP contribution < -0.4 is 5.32 Å². The number of nitrogens with zero attached hydrogens (tertiary/aromatic N) is 1. The van der Waals surface area contributed by atoms with Gasteiger partial charge in [0.05, 0.1) is 0 Å². The van der Waals surface area contributed by atoms with E-state index in [2.05, 4.69) is 48.3 Å². The molecule has 0 radical (unpaired) electrons. The van der Waals surface area contributed by atoms with E-state index < -0.39 is 0 Å². The molecule has 1 aliphatic heterocycles. The van der Waals surface area contributed by atoms with Gasteiger partial charge in [0.2, 0.25) is 0 Å². The van der Waals surface area contributed by atoms with Crippen LogP contribution in [0.2, 0.25) is 0 Å². The number of hydrogen-bond donors (Lipinski definition) is 1. The molecule has 0 saturated carbocycles.